The predicted octanol–water partition coefficient (Wildman–Crippen LogP) is 3.28. The first kappa shape index (κ1) is 18.3. The van der Waals surface area contributed by atoms with E-state index in [4.69, 9.17) is 16.3 Å². The van der Waals surface area contributed by atoms with Crippen molar-refractivity contribution >= 4 is 17.5 Å². The van der Waals surface area contributed by atoms with Gasteiger partial charge in [0.05, 0.1) is 6.54 Å². The van der Waals surface area contributed by atoms with E-state index in [1.54, 1.807) is 12.1 Å². The quantitative estimate of drug-likeness (QED) is 0.797. The smallest absolute Gasteiger partial charge is 0.234 e. The second-order valence-corrected chi connectivity index (χ2v) is 6.24. The molecule has 128 valence electrons. The molecule has 0 fully saturated rings. The van der Waals surface area contributed by atoms with Gasteiger partial charge in [-0.2, -0.15) is 0 Å². The molecular formula is C19H23ClN2O2. The molecule has 2 aromatic rings. The average molecular weight is 347 g/mol. The Morgan fingerprint density at radius 2 is 1.79 bits per heavy atom. The van der Waals surface area contributed by atoms with Crippen LogP contribution in [-0.4, -0.2) is 37.6 Å². The van der Waals surface area contributed by atoms with Gasteiger partial charge in [0, 0.05) is 18.1 Å². The van der Waals surface area contributed by atoms with Crippen molar-refractivity contribution in [3.63, 3.8) is 0 Å². The van der Waals surface area contributed by atoms with Crippen molar-refractivity contribution in [2.45, 2.75) is 13.5 Å². The zero-order chi connectivity index (χ0) is 17.4. The minimum absolute atomic E-state index is 0.00423. The number of likely N-dealkylation sites (N-methyl/N-ethyl adjacent to an activating group) is 1. The second kappa shape index (κ2) is 9.30. The van der Waals surface area contributed by atoms with Gasteiger partial charge >= 0.3 is 0 Å². The molecule has 0 unspecified atom stereocenters. The number of benzene rings is 2. The highest BCUT2D eigenvalue weighted by molar-refractivity contribution is 6.30. The molecule has 4 nitrogen and oxygen atoms in total. The van der Waals surface area contributed by atoms with Crippen LogP contribution >= 0.6 is 11.6 Å². The van der Waals surface area contributed by atoms with Crippen molar-refractivity contribution in [3.05, 3.63) is 64.7 Å². The lowest BCUT2D eigenvalue weighted by Gasteiger charge is -2.16. The number of carbonyl (C=O) groups is 1. The van der Waals surface area contributed by atoms with E-state index >= 15 is 0 Å². The highest BCUT2D eigenvalue weighted by Crippen LogP contribution is 2.15. The van der Waals surface area contributed by atoms with Gasteiger partial charge in [-0.1, -0.05) is 41.4 Å². The van der Waals surface area contributed by atoms with Crippen LogP contribution < -0.4 is 10.1 Å². The molecule has 0 aliphatic carbocycles. The Morgan fingerprint density at radius 3 is 2.46 bits per heavy atom. The fraction of sp³-hybridized carbons (Fsp3) is 0.316. The van der Waals surface area contributed by atoms with Crippen LogP contribution in [0.1, 0.15) is 11.1 Å². The van der Waals surface area contributed by atoms with Gasteiger partial charge < -0.3 is 10.1 Å². The van der Waals surface area contributed by atoms with E-state index in [1.807, 2.05) is 55.3 Å². The summed E-state index contributed by atoms with van der Waals surface area (Å²) in [5.41, 5.74) is 2.31. The standard InChI is InChI=1S/C19H23ClN2O2/c1-15-3-5-16(6-4-15)13-21-19(23)14-22(2)11-12-24-18-9-7-17(20)8-10-18/h3-10H,11-14H2,1-2H3,(H,21,23). The Balaban J connectivity index is 1.64. The molecule has 0 aliphatic rings. The van der Waals surface area contributed by atoms with Crippen LogP contribution in [-0.2, 0) is 11.3 Å². The van der Waals surface area contributed by atoms with Crippen LogP contribution in [0.3, 0.4) is 0 Å². The van der Waals surface area contributed by atoms with Gasteiger partial charge in [-0.05, 0) is 43.8 Å². The molecule has 2 aromatic carbocycles. The third-order valence-corrected chi connectivity index (χ3v) is 3.83. The molecule has 0 heterocycles. The van der Waals surface area contributed by atoms with Crippen LogP contribution in [0, 0.1) is 6.92 Å². The van der Waals surface area contributed by atoms with Gasteiger partial charge in [-0.3, -0.25) is 9.69 Å². The highest BCUT2D eigenvalue weighted by atomic mass is 35.5. The van der Waals surface area contributed by atoms with E-state index in [9.17, 15) is 4.79 Å². The number of rotatable bonds is 8. The summed E-state index contributed by atoms with van der Waals surface area (Å²) in [6.45, 7) is 4.12. The Bertz CT molecular complexity index is 641. The van der Waals surface area contributed by atoms with Gasteiger partial charge in [0.25, 0.3) is 0 Å². The SMILES string of the molecule is Cc1ccc(CNC(=O)CN(C)CCOc2ccc(Cl)cc2)cc1. The van der Waals surface area contributed by atoms with E-state index in [-0.39, 0.29) is 5.91 Å². The molecule has 24 heavy (non-hydrogen) atoms. The van der Waals surface area contributed by atoms with Crippen molar-refractivity contribution in [2.24, 2.45) is 0 Å². The molecular weight excluding hydrogens is 324 g/mol. The molecule has 0 aromatic heterocycles. The predicted molar refractivity (Wildman–Crippen MR) is 97.5 cm³/mol. The Kier molecular flexibility index (Phi) is 7.09. The normalized spacial score (nSPS) is 10.7. The van der Waals surface area contributed by atoms with Crippen molar-refractivity contribution in [1.82, 2.24) is 10.2 Å². The van der Waals surface area contributed by atoms with E-state index in [0.29, 0.717) is 31.3 Å². The number of nitrogens with one attached hydrogen (secondary N) is 1. The van der Waals surface area contributed by atoms with Crippen molar-refractivity contribution in [1.29, 1.82) is 0 Å². The lowest BCUT2D eigenvalue weighted by atomic mass is 10.1. The molecule has 2 rings (SSSR count). The largest absolute Gasteiger partial charge is 0.492 e. The van der Waals surface area contributed by atoms with Crippen LogP contribution in [0.15, 0.2) is 48.5 Å². The first-order valence-corrected chi connectivity index (χ1v) is 8.30. The van der Waals surface area contributed by atoms with E-state index in [0.717, 1.165) is 11.3 Å². The number of ether oxygens (including phenoxy) is 1. The first-order chi connectivity index (χ1) is 11.5. The number of amides is 1. The van der Waals surface area contributed by atoms with Crippen molar-refractivity contribution in [2.75, 3.05) is 26.7 Å². The summed E-state index contributed by atoms with van der Waals surface area (Å²) < 4.78 is 5.62. The molecule has 0 bridgehead atoms. The van der Waals surface area contributed by atoms with E-state index in [1.165, 1.54) is 5.56 Å². The van der Waals surface area contributed by atoms with E-state index in [2.05, 4.69) is 5.32 Å². The van der Waals surface area contributed by atoms with Gasteiger partial charge in [0.15, 0.2) is 0 Å². The maximum atomic E-state index is 12.0. The fourth-order valence-electron chi connectivity index (χ4n) is 2.14. The summed E-state index contributed by atoms with van der Waals surface area (Å²) in [5, 5.41) is 3.61. The lowest BCUT2D eigenvalue weighted by molar-refractivity contribution is -0.122. The maximum absolute atomic E-state index is 12.0. The minimum Gasteiger partial charge on any atom is -0.492 e. The number of hydrogen-bond acceptors (Lipinski definition) is 3. The Morgan fingerprint density at radius 1 is 1.12 bits per heavy atom. The summed E-state index contributed by atoms with van der Waals surface area (Å²) in [7, 11) is 1.90. The number of aryl methyl sites for hydroxylation is 1. The molecule has 1 N–H and O–H groups in total. The summed E-state index contributed by atoms with van der Waals surface area (Å²) in [6, 6.07) is 15.4. The molecule has 0 saturated carbocycles. The molecule has 0 aliphatic heterocycles. The van der Waals surface area contributed by atoms with E-state index < -0.39 is 0 Å². The number of nitrogens with zero attached hydrogens (tertiary/aromatic N) is 1. The molecule has 0 atom stereocenters. The summed E-state index contributed by atoms with van der Waals surface area (Å²) in [4.78, 5) is 13.9. The highest BCUT2D eigenvalue weighted by Gasteiger charge is 2.06. The van der Waals surface area contributed by atoms with Crippen LogP contribution in [0.4, 0.5) is 0 Å². The fourth-order valence-corrected chi connectivity index (χ4v) is 2.26. The topological polar surface area (TPSA) is 41.6 Å². The lowest BCUT2D eigenvalue weighted by Crippen LogP contribution is -2.36. The molecule has 5 heteroatoms. The Hall–Kier alpha value is -2.04. The zero-order valence-corrected chi connectivity index (χ0v) is 14.8. The van der Waals surface area contributed by atoms with Gasteiger partial charge in [-0.15, -0.1) is 0 Å². The van der Waals surface area contributed by atoms with Crippen molar-refractivity contribution < 1.29 is 9.53 Å². The summed E-state index contributed by atoms with van der Waals surface area (Å²) in [5.74, 6) is 0.779. The van der Waals surface area contributed by atoms with Crippen LogP contribution in [0.5, 0.6) is 5.75 Å². The van der Waals surface area contributed by atoms with Gasteiger partial charge in [0.2, 0.25) is 5.91 Å². The molecule has 0 spiro atoms. The Labute approximate surface area is 148 Å². The maximum Gasteiger partial charge on any atom is 0.234 e. The molecule has 1 amide bonds. The summed E-state index contributed by atoms with van der Waals surface area (Å²) in [6.07, 6.45) is 0. The zero-order valence-electron chi connectivity index (χ0n) is 14.1. The number of carbonyl (C=O) groups excluding carboxylic acids is 1. The van der Waals surface area contributed by atoms with Crippen LogP contribution in [0.2, 0.25) is 5.02 Å². The minimum atomic E-state index is 0.00423. The second-order valence-electron chi connectivity index (χ2n) is 5.80. The van der Waals surface area contributed by atoms with Gasteiger partial charge in [0.1, 0.15) is 12.4 Å². The van der Waals surface area contributed by atoms with Crippen molar-refractivity contribution in [3.8, 4) is 5.75 Å². The monoisotopic (exact) mass is 346 g/mol. The average Bonchev–Trinajstić information content (AvgIpc) is 2.56. The third-order valence-electron chi connectivity index (χ3n) is 3.58. The molecule has 0 saturated heterocycles. The number of hydrogen-bond donors (Lipinski definition) is 1. The van der Waals surface area contributed by atoms with Crippen LogP contribution in [0.25, 0.3) is 0 Å². The third kappa shape index (κ3) is 6.60. The van der Waals surface area contributed by atoms with Gasteiger partial charge in [-0.25, -0.2) is 0 Å². The first-order valence-electron chi connectivity index (χ1n) is 7.92. The number of halogens is 1. The molecule has 0 radical (unpaired) electrons. The summed E-state index contributed by atoms with van der Waals surface area (Å²) >= 11 is 5.83.